The molecule has 24 heavy (non-hydrogen) atoms. The van der Waals surface area contributed by atoms with Gasteiger partial charge < -0.3 is 9.88 Å². The van der Waals surface area contributed by atoms with E-state index in [-0.39, 0.29) is 5.91 Å². The minimum absolute atomic E-state index is 0.113. The van der Waals surface area contributed by atoms with Crippen molar-refractivity contribution in [2.45, 2.75) is 6.04 Å². The Balaban J connectivity index is 1.71. The molecule has 0 fully saturated rings. The van der Waals surface area contributed by atoms with Gasteiger partial charge in [-0.05, 0) is 29.8 Å². The lowest BCUT2D eigenvalue weighted by Gasteiger charge is -2.19. The number of benzene rings is 2. The van der Waals surface area contributed by atoms with E-state index in [0.717, 1.165) is 28.3 Å². The Morgan fingerprint density at radius 1 is 0.958 bits per heavy atom. The molecule has 2 aromatic carbocycles. The third kappa shape index (κ3) is 2.68. The number of carbonyl (C=O) groups is 1. The predicted molar refractivity (Wildman–Crippen MR) is 95.1 cm³/mol. The number of aromatic nitrogens is 3. The largest absolute Gasteiger partial charge is 0.338 e. The Labute approximate surface area is 142 Å². The fourth-order valence-electron chi connectivity index (χ4n) is 2.72. The van der Waals surface area contributed by atoms with E-state index in [1.807, 2.05) is 77.6 Å². The van der Waals surface area contributed by atoms with Gasteiger partial charge in [-0.1, -0.05) is 36.4 Å². The maximum absolute atomic E-state index is 13.0. The summed E-state index contributed by atoms with van der Waals surface area (Å²) in [6, 6.07) is 18.7. The summed E-state index contributed by atoms with van der Waals surface area (Å²) in [5, 5.41) is 3.00. The zero-order valence-electron chi connectivity index (χ0n) is 12.7. The highest BCUT2D eigenvalue weighted by molar-refractivity contribution is 7.00. The van der Waals surface area contributed by atoms with Crippen LogP contribution in [-0.2, 0) is 4.79 Å². The summed E-state index contributed by atoms with van der Waals surface area (Å²) in [5.41, 5.74) is 3.11. The molecule has 0 spiro atoms. The summed E-state index contributed by atoms with van der Waals surface area (Å²) in [7, 11) is 0. The molecule has 0 aliphatic heterocycles. The van der Waals surface area contributed by atoms with Crippen molar-refractivity contribution in [1.29, 1.82) is 0 Å². The number of carbonyl (C=O) groups excluding carboxylic acids is 1. The summed E-state index contributed by atoms with van der Waals surface area (Å²) in [4.78, 5) is 13.0. The average molecular weight is 334 g/mol. The topological polar surface area (TPSA) is 59.8 Å². The molecule has 2 aromatic heterocycles. The Bertz CT molecular complexity index is 963. The number of fused-ring (bicyclic) bond motifs is 1. The van der Waals surface area contributed by atoms with E-state index in [1.165, 1.54) is 0 Å². The Morgan fingerprint density at radius 3 is 2.54 bits per heavy atom. The van der Waals surface area contributed by atoms with Crippen LogP contribution < -0.4 is 5.32 Å². The lowest BCUT2D eigenvalue weighted by molar-refractivity contribution is -0.118. The molecule has 6 heteroatoms. The van der Waals surface area contributed by atoms with Crippen molar-refractivity contribution in [2.24, 2.45) is 0 Å². The van der Waals surface area contributed by atoms with E-state index in [1.54, 1.807) is 0 Å². The molecular formula is C18H14N4OS. The highest BCUT2D eigenvalue weighted by Gasteiger charge is 2.22. The van der Waals surface area contributed by atoms with Gasteiger partial charge in [-0.25, -0.2) is 0 Å². The molecule has 0 saturated heterocycles. The van der Waals surface area contributed by atoms with Crippen molar-refractivity contribution in [1.82, 2.24) is 13.3 Å². The van der Waals surface area contributed by atoms with E-state index in [0.29, 0.717) is 5.69 Å². The first-order valence-corrected chi connectivity index (χ1v) is 8.25. The summed E-state index contributed by atoms with van der Waals surface area (Å²) in [6.45, 7) is 0. The average Bonchev–Trinajstić information content (AvgIpc) is 3.28. The molecule has 0 bridgehead atoms. The van der Waals surface area contributed by atoms with Crippen LogP contribution in [-0.4, -0.2) is 19.2 Å². The number of hydrogen-bond donors (Lipinski definition) is 1. The Morgan fingerprint density at radius 2 is 1.75 bits per heavy atom. The molecule has 0 unspecified atom stereocenters. The molecule has 0 radical (unpaired) electrons. The van der Waals surface area contributed by atoms with Gasteiger partial charge in [0.25, 0.3) is 5.91 Å². The van der Waals surface area contributed by atoms with Crippen molar-refractivity contribution >= 4 is 34.4 Å². The van der Waals surface area contributed by atoms with Crippen LogP contribution in [0.5, 0.6) is 0 Å². The standard InChI is InChI=1S/C18H14N4OS/c23-18(19-14-9-6-10-15-16(14)21-24-20-15)17(22-11-4-5-12-22)13-7-2-1-3-8-13/h1-12,17H,(H,19,23)/t17-/m1/s1. The maximum Gasteiger partial charge on any atom is 0.252 e. The predicted octanol–water partition coefficient (Wildman–Crippen LogP) is 3.72. The molecular weight excluding hydrogens is 320 g/mol. The second-order valence-corrected chi connectivity index (χ2v) is 5.90. The SMILES string of the molecule is O=C(Nc1cccc2nsnc12)[C@@H](c1ccccc1)n1cccc1. The third-order valence-corrected chi connectivity index (χ3v) is 4.38. The first-order chi connectivity index (χ1) is 11.8. The number of anilines is 1. The number of nitrogens with zero attached hydrogens (tertiary/aromatic N) is 3. The third-order valence-electron chi connectivity index (χ3n) is 3.83. The van der Waals surface area contributed by atoms with E-state index in [4.69, 9.17) is 0 Å². The van der Waals surface area contributed by atoms with Crippen LogP contribution in [0.4, 0.5) is 5.69 Å². The van der Waals surface area contributed by atoms with Gasteiger partial charge in [-0.3, -0.25) is 4.79 Å². The first kappa shape index (κ1) is 14.6. The van der Waals surface area contributed by atoms with Gasteiger partial charge in [0.15, 0.2) is 0 Å². The molecule has 4 rings (SSSR count). The summed E-state index contributed by atoms with van der Waals surface area (Å²) in [5.74, 6) is -0.113. The van der Waals surface area contributed by atoms with Crippen molar-refractivity contribution in [3.8, 4) is 0 Å². The quantitative estimate of drug-likeness (QED) is 0.619. The Kier molecular flexibility index (Phi) is 3.80. The summed E-state index contributed by atoms with van der Waals surface area (Å²) < 4.78 is 10.4. The normalized spacial score (nSPS) is 12.2. The van der Waals surface area contributed by atoms with Crippen LogP contribution in [0.25, 0.3) is 11.0 Å². The monoisotopic (exact) mass is 334 g/mol. The van der Waals surface area contributed by atoms with Crippen molar-refractivity contribution in [3.63, 3.8) is 0 Å². The van der Waals surface area contributed by atoms with Crippen LogP contribution in [0.1, 0.15) is 11.6 Å². The van der Waals surface area contributed by atoms with Gasteiger partial charge in [0, 0.05) is 12.4 Å². The fraction of sp³-hybridized carbons (Fsp3) is 0.0556. The van der Waals surface area contributed by atoms with Gasteiger partial charge in [-0.2, -0.15) is 8.75 Å². The molecule has 1 amide bonds. The molecule has 5 nitrogen and oxygen atoms in total. The molecule has 2 heterocycles. The molecule has 0 aliphatic carbocycles. The van der Waals surface area contributed by atoms with E-state index in [2.05, 4.69) is 14.1 Å². The van der Waals surface area contributed by atoms with Crippen LogP contribution in [0, 0.1) is 0 Å². The number of hydrogen-bond acceptors (Lipinski definition) is 4. The zero-order chi connectivity index (χ0) is 16.4. The van der Waals surface area contributed by atoms with Crippen molar-refractivity contribution in [2.75, 3.05) is 5.32 Å². The van der Waals surface area contributed by atoms with E-state index >= 15 is 0 Å². The second kappa shape index (κ2) is 6.25. The molecule has 4 aromatic rings. The van der Waals surface area contributed by atoms with Crippen LogP contribution in [0.2, 0.25) is 0 Å². The van der Waals surface area contributed by atoms with Gasteiger partial charge in [-0.15, -0.1) is 0 Å². The van der Waals surface area contributed by atoms with Gasteiger partial charge in [0.05, 0.1) is 17.4 Å². The first-order valence-electron chi connectivity index (χ1n) is 7.52. The molecule has 118 valence electrons. The minimum Gasteiger partial charge on any atom is -0.338 e. The van der Waals surface area contributed by atoms with Gasteiger partial charge in [0.2, 0.25) is 0 Å². The molecule has 0 saturated carbocycles. The number of amides is 1. The second-order valence-electron chi connectivity index (χ2n) is 5.37. The van der Waals surface area contributed by atoms with Crippen LogP contribution in [0.3, 0.4) is 0 Å². The zero-order valence-corrected chi connectivity index (χ0v) is 13.5. The van der Waals surface area contributed by atoms with Crippen molar-refractivity contribution < 1.29 is 4.79 Å². The fourth-order valence-corrected chi connectivity index (χ4v) is 3.27. The van der Waals surface area contributed by atoms with Gasteiger partial charge >= 0.3 is 0 Å². The Hall–Kier alpha value is -2.99. The van der Waals surface area contributed by atoms with Crippen LogP contribution >= 0.6 is 11.7 Å². The highest BCUT2D eigenvalue weighted by atomic mass is 32.1. The van der Waals surface area contributed by atoms with Crippen LogP contribution in [0.15, 0.2) is 73.1 Å². The maximum atomic E-state index is 13.0. The van der Waals surface area contributed by atoms with E-state index in [9.17, 15) is 4.79 Å². The smallest absolute Gasteiger partial charge is 0.252 e. The number of nitrogens with one attached hydrogen (secondary N) is 1. The molecule has 1 N–H and O–H groups in total. The lowest BCUT2D eigenvalue weighted by atomic mass is 10.1. The lowest BCUT2D eigenvalue weighted by Crippen LogP contribution is -2.26. The highest BCUT2D eigenvalue weighted by Crippen LogP contribution is 2.25. The summed E-state index contributed by atoms with van der Waals surface area (Å²) >= 11 is 1.14. The molecule has 1 atom stereocenters. The van der Waals surface area contributed by atoms with E-state index < -0.39 is 6.04 Å². The number of rotatable bonds is 4. The van der Waals surface area contributed by atoms with Gasteiger partial charge in [0.1, 0.15) is 17.1 Å². The molecule has 0 aliphatic rings. The minimum atomic E-state index is -0.442. The van der Waals surface area contributed by atoms with Crippen molar-refractivity contribution in [3.05, 3.63) is 78.6 Å². The summed E-state index contributed by atoms with van der Waals surface area (Å²) in [6.07, 6.45) is 3.78.